The van der Waals surface area contributed by atoms with Gasteiger partial charge in [0.05, 0.1) is 5.92 Å². The van der Waals surface area contributed by atoms with Crippen molar-refractivity contribution in [1.29, 1.82) is 0 Å². The Morgan fingerprint density at radius 1 is 1.36 bits per heavy atom. The summed E-state index contributed by atoms with van der Waals surface area (Å²) in [4.78, 5) is 39.6. The summed E-state index contributed by atoms with van der Waals surface area (Å²) in [7, 11) is 0. The van der Waals surface area contributed by atoms with Crippen molar-refractivity contribution in [3.8, 4) is 0 Å². The van der Waals surface area contributed by atoms with Crippen LogP contribution in [0.3, 0.4) is 0 Å². The van der Waals surface area contributed by atoms with Gasteiger partial charge in [0.15, 0.2) is 0 Å². The zero-order valence-electron chi connectivity index (χ0n) is 14.5. The summed E-state index contributed by atoms with van der Waals surface area (Å²) in [6.45, 7) is 7.21. The smallest absolute Gasteiger partial charge is 0.229 e. The second kappa shape index (κ2) is 7.09. The van der Waals surface area contributed by atoms with Gasteiger partial charge < -0.3 is 15.1 Å². The number of amides is 3. The quantitative estimate of drug-likeness (QED) is 0.834. The van der Waals surface area contributed by atoms with Gasteiger partial charge in [-0.15, -0.1) is 6.58 Å². The van der Waals surface area contributed by atoms with Crippen molar-refractivity contribution in [2.45, 2.75) is 26.2 Å². The first kappa shape index (κ1) is 17.2. The van der Waals surface area contributed by atoms with Crippen LogP contribution in [0.1, 0.15) is 24.8 Å². The topological polar surface area (TPSA) is 69.7 Å². The molecule has 0 spiro atoms. The van der Waals surface area contributed by atoms with Gasteiger partial charge in [-0.2, -0.15) is 0 Å². The second-order valence-corrected chi connectivity index (χ2v) is 6.63. The number of nitrogens with one attached hydrogen (secondary N) is 1. The van der Waals surface area contributed by atoms with Crippen LogP contribution in [0, 0.1) is 12.8 Å². The SMILES string of the molecule is C=CCN1CC(C(=O)Nc2ccc(N3CCCC3=O)c(C)c2)CC1=O. The van der Waals surface area contributed by atoms with Crippen LogP contribution in [0.5, 0.6) is 0 Å². The van der Waals surface area contributed by atoms with Crippen molar-refractivity contribution >= 4 is 29.1 Å². The van der Waals surface area contributed by atoms with Crippen LogP contribution in [0.25, 0.3) is 0 Å². The molecule has 2 heterocycles. The lowest BCUT2D eigenvalue weighted by Crippen LogP contribution is -2.28. The summed E-state index contributed by atoms with van der Waals surface area (Å²) in [6.07, 6.45) is 3.38. The minimum Gasteiger partial charge on any atom is -0.338 e. The Bertz CT molecular complexity index is 729. The van der Waals surface area contributed by atoms with Crippen molar-refractivity contribution in [3.05, 3.63) is 36.4 Å². The summed E-state index contributed by atoms with van der Waals surface area (Å²) < 4.78 is 0. The van der Waals surface area contributed by atoms with Gasteiger partial charge in [0, 0.05) is 43.9 Å². The summed E-state index contributed by atoms with van der Waals surface area (Å²) in [6, 6.07) is 5.55. The number of rotatable bonds is 5. The third kappa shape index (κ3) is 3.57. The molecule has 1 aromatic carbocycles. The molecule has 1 unspecified atom stereocenters. The van der Waals surface area contributed by atoms with E-state index in [1.807, 2.05) is 25.1 Å². The van der Waals surface area contributed by atoms with E-state index in [9.17, 15) is 14.4 Å². The largest absolute Gasteiger partial charge is 0.338 e. The highest BCUT2D eigenvalue weighted by atomic mass is 16.2. The molecule has 3 rings (SSSR count). The van der Waals surface area contributed by atoms with E-state index >= 15 is 0 Å². The van der Waals surface area contributed by atoms with Crippen LogP contribution in [-0.2, 0) is 14.4 Å². The molecule has 2 aliphatic rings. The lowest BCUT2D eigenvalue weighted by Gasteiger charge is -2.19. The summed E-state index contributed by atoms with van der Waals surface area (Å²) in [5, 5.41) is 2.89. The Morgan fingerprint density at radius 3 is 2.80 bits per heavy atom. The normalized spacial score (nSPS) is 20.3. The van der Waals surface area contributed by atoms with Crippen molar-refractivity contribution < 1.29 is 14.4 Å². The summed E-state index contributed by atoms with van der Waals surface area (Å²) >= 11 is 0. The number of hydrogen-bond donors (Lipinski definition) is 1. The molecule has 0 saturated carbocycles. The van der Waals surface area contributed by atoms with Gasteiger partial charge in [0.2, 0.25) is 17.7 Å². The van der Waals surface area contributed by atoms with Crippen LogP contribution in [0.4, 0.5) is 11.4 Å². The van der Waals surface area contributed by atoms with E-state index in [1.165, 1.54) is 0 Å². The van der Waals surface area contributed by atoms with E-state index in [0.29, 0.717) is 25.2 Å². The third-order valence-corrected chi connectivity index (χ3v) is 4.76. The third-order valence-electron chi connectivity index (χ3n) is 4.76. The molecule has 2 fully saturated rings. The predicted molar refractivity (Wildman–Crippen MR) is 96.3 cm³/mol. The molecule has 0 bridgehead atoms. The van der Waals surface area contributed by atoms with Gasteiger partial charge in [-0.3, -0.25) is 14.4 Å². The summed E-state index contributed by atoms with van der Waals surface area (Å²) in [5.74, 6) is -0.359. The molecule has 1 atom stereocenters. The van der Waals surface area contributed by atoms with Gasteiger partial charge in [0.25, 0.3) is 0 Å². The minimum absolute atomic E-state index is 0.0147. The Kier molecular flexibility index (Phi) is 4.88. The van der Waals surface area contributed by atoms with Crippen molar-refractivity contribution in [2.24, 2.45) is 5.92 Å². The maximum Gasteiger partial charge on any atom is 0.229 e. The van der Waals surface area contributed by atoms with E-state index in [-0.39, 0.29) is 30.1 Å². The molecule has 2 aliphatic heterocycles. The first-order chi connectivity index (χ1) is 12.0. The molecule has 0 aromatic heterocycles. The van der Waals surface area contributed by atoms with E-state index in [2.05, 4.69) is 11.9 Å². The number of hydrogen-bond acceptors (Lipinski definition) is 3. The molecule has 6 nitrogen and oxygen atoms in total. The fraction of sp³-hybridized carbons (Fsp3) is 0.421. The number of carbonyl (C=O) groups is 3. The van der Waals surface area contributed by atoms with Crippen LogP contribution in [-0.4, -0.2) is 42.3 Å². The molecular formula is C19H23N3O3. The van der Waals surface area contributed by atoms with E-state index < -0.39 is 0 Å². The van der Waals surface area contributed by atoms with Crippen LogP contribution in [0.2, 0.25) is 0 Å². The molecule has 2 saturated heterocycles. The number of likely N-dealkylation sites (tertiary alicyclic amines) is 1. The number of nitrogens with zero attached hydrogens (tertiary/aromatic N) is 2. The number of anilines is 2. The van der Waals surface area contributed by atoms with Crippen LogP contribution >= 0.6 is 0 Å². The molecule has 1 N–H and O–H groups in total. The highest BCUT2D eigenvalue weighted by Gasteiger charge is 2.33. The minimum atomic E-state index is -0.340. The highest BCUT2D eigenvalue weighted by Crippen LogP contribution is 2.28. The van der Waals surface area contributed by atoms with Gasteiger partial charge in [-0.1, -0.05) is 6.08 Å². The lowest BCUT2D eigenvalue weighted by atomic mass is 10.1. The standard InChI is InChI=1S/C19H23N3O3/c1-3-8-21-12-14(11-18(21)24)19(25)20-15-6-7-16(13(2)10-15)22-9-4-5-17(22)23/h3,6-7,10,14H,1,4-5,8-9,11-12H2,2H3,(H,20,25). The molecule has 1 aromatic rings. The average molecular weight is 341 g/mol. The highest BCUT2D eigenvalue weighted by molar-refractivity contribution is 5.99. The van der Waals surface area contributed by atoms with Crippen molar-refractivity contribution in [1.82, 2.24) is 4.90 Å². The van der Waals surface area contributed by atoms with Gasteiger partial charge in [-0.25, -0.2) is 0 Å². The fourth-order valence-electron chi connectivity index (χ4n) is 3.46. The molecule has 3 amide bonds. The Balaban J connectivity index is 1.66. The number of carbonyl (C=O) groups excluding carboxylic acids is 3. The first-order valence-corrected chi connectivity index (χ1v) is 8.60. The van der Waals surface area contributed by atoms with Crippen molar-refractivity contribution in [3.63, 3.8) is 0 Å². The second-order valence-electron chi connectivity index (χ2n) is 6.63. The molecular weight excluding hydrogens is 318 g/mol. The Morgan fingerprint density at radius 2 is 2.16 bits per heavy atom. The summed E-state index contributed by atoms with van der Waals surface area (Å²) in [5.41, 5.74) is 2.53. The van der Waals surface area contributed by atoms with Crippen LogP contribution in [0.15, 0.2) is 30.9 Å². The average Bonchev–Trinajstić information content (AvgIpc) is 3.15. The van der Waals surface area contributed by atoms with Gasteiger partial charge >= 0.3 is 0 Å². The Hall–Kier alpha value is -2.63. The van der Waals surface area contributed by atoms with Gasteiger partial charge in [-0.05, 0) is 37.1 Å². The zero-order valence-corrected chi connectivity index (χ0v) is 14.5. The Labute approximate surface area is 147 Å². The molecule has 6 heteroatoms. The first-order valence-electron chi connectivity index (χ1n) is 8.60. The molecule has 0 radical (unpaired) electrons. The maximum absolute atomic E-state index is 12.4. The van der Waals surface area contributed by atoms with Gasteiger partial charge in [0.1, 0.15) is 0 Å². The molecule has 0 aliphatic carbocycles. The number of benzene rings is 1. The van der Waals surface area contributed by atoms with Crippen molar-refractivity contribution in [2.75, 3.05) is 29.9 Å². The van der Waals surface area contributed by atoms with E-state index in [1.54, 1.807) is 15.9 Å². The molecule has 25 heavy (non-hydrogen) atoms. The fourth-order valence-corrected chi connectivity index (χ4v) is 3.46. The lowest BCUT2D eigenvalue weighted by molar-refractivity contribution is -0.127. The van der Waals surface area contributed by atoms with E-state index in [4.69, 9.17) is 0 Å². The van der Waals surface area contributed by atoms with E-state index in [0.717, 1.165) is 24.2 Å². The predicted octanol–water partition coefficient (Wildman–Crippen LogP) is 2.09. The maximum atomic E-state index is 12.4. The molecule has 132 valence electrons. The van der Waals surface area contributed by atoms with Crippen LogP contribution < -0.4 is 10.2 Å². The monoisotopic (exact) mass is 341 g/mol. The number of aryl methyl sites for hydroxylation is 1. The zero-order chi connectivity index (χ0) is 18.0.